The number of amides is 1. The van der Waals surface area contributed by atoms with Crippen LogP contribution in [-0.2, 0) is 5.75 Å². The highest BCUT2D eigenvalue weighted by Gasteiger charge is 2.22. The molecule has 0 aliphatic rings. The molecule has 0 radical (unpaired) electrons. The first-order valence-corrected chi connectivity index (χ1v) is 11.4. The first-order chi connectivity index (χ1) is 15.8. The third-order valence-electron chi connectivity index (χ3n) is 4.73. The lowest BCUT2D eigenvalue weighted by atomic mass is 10.2. The molecule has 2 aromatic carbocycles. The predicted octanol–water partition coefficient (Wildman–Crippen LogP) is 5.32. The zero-order valence-electron chi connectivity index (χ0n) is 18.1. The zero-order chi connectivity index (χ0) is 23.5. The Morgan fingerprint density at radius 2 is 1.76 bits per heavy atom. The second-order valence-electron chi connectivity index (χ2n) is 7.44. The molecule has 0 unspecified atom stereocenters. The molecule has 0 fully saturated rings. The lowest BCUT2D eigenvalue weighted by molar-refractivity contribution is 0.102. The highest BCUT2D eigenvalue weighted by Crippen LogP contribution is 2.25. The van der Waals surface area contributed by atoms with Crippen molar-refractivity contribution in [1.82, 2.24) is 25.0 Å². The van der Waals surface area contributed by atoms with Crippen LogP contribution in [0.2, 0.25) is 5.02 Å². The van der Waals surface area contributed by atoms with Crippen LogP contribution in [0.25, 0.3) is 5.69 Å². The summed E-state index contributed by atoms with van der Waals surface area (Å²) in [5.41, 5.74) is 4.68. The molecule has 4 rings (SSSR count). The van der Waals surface area contributed by atoms with Gasteiger partial charge in [0.2, 0.25) is 0 Å². The molecule has 0 saturated heterocycles. The maximum Gasteiger partial charge on any atom is 0.278 e. The molecule has 0 saturated carbocycles. The van der Waals surface area contributed by atoms with Crippen molar-refractivity contribution in [3.8, 4) is 5.69 Å². The number of aryl methyl sites for hydroxylation is 3. The minimum absolute atomic E-state index is 0.0844. The first-order valence-electron chi connectivity index (χ1n) is 10.0. The molecule has 0 bridgehead atoms. The number of rotatable bonds is 6. The number of benzene rings is 2. The summed E-state index contributed by atoms with van der Waals surface area (Å²) in [4.78, 5) is 22.0. The third kappa shape index (κ3) is 5.37. The van der Waals surface area contributed by atoms with Crippen LogP contribution in [0.1, 0.15) is 33.1 Å². The van der Waals surface area contributed by atoms with Gasteiger partial charge >= 0.3 is 0 Å². The SMILES string of the molecule is Cc1ccc(-n2nnc(C(=O)Nc3ccc(F)c(Cl)c3)c2CSc2nc(C)cc(C)n2)cc1. The highest BCUT2D eigenvalue weighted by molar-refractivity contribution is 7.98. The summed E-state index contributed by atoms with van der Waals surface area (Å²) in [5, 5.41) is 11.6. The van der Waals surface area contributed by atoms with Crippen LogP contribution < -0.4 is 5.32 Å². The zero-order valence-corrected chi connectivity index (χ0v) is 19.7. The molecular weight excluding hydrogens is 463 g/mol. The fourth-order valence-corrected chi connectivity index (χ4v) is 4.28. The van der Waals surface area contributed by atoms with Gasteiger partial charge in [0.05, 0.1) is 16.4 Å². The van der Waals surface area contributed by atoms with Crippen LogP contribution in [0.5, 0.6) is 0 Å². The van der Waals surface area contributed by atoms with Gasteiger partial charge in [-0.05, 0) is 57.2 Å². The van der Waals surface area contributed by atoms with Crippen molar-refractivity contribution in [3.05, 3.63) is 87.7 Å². The van der Waals surface area contributed by atoms with Gasteiger partial charge in [-0.2, -0.15) is 0 Å². The average molecular weight is 483 g/mol. The number of thioether (sulfide) groups is 1. The van der Waals surface area contributed by atoms with E-state index in [1.807, 2.05) is 51.1 Å². The summed E-state index contributed by atoms with van der Waals surface area (Å²) < 4.78 is 15.1. The van der Waals surface area contributed by atoms with Crippen molar-refractivity contribution in [2.24, 2.45) is 0 Å². The number of aromatic nitrogens is 5. The van der Waals surface area contributed by atoms with Crippen molar-refractivity contribution in [2.45, 2.75) is 31.7 Å². The van der Waals surface area contributed by atoms with Gasteiger partial charge in [-0.1, -0.05) is 46.3 Å². The van der Waals surface area contributed by atoms with Gasteiger partial charge in [-0.15, -0.1) is 5.10 Å². The number of anilines is 1. The summed E-state index contributed by atoms with van der Waals surface area (Å²) in [6.45, 7) is 5.80. The summed E-state index contributed by atoms with van der Waals surface area (Å²) in [5.74, 6) is -0.685. The standard InChI is InChI=1S/C23H20ClFN6OS/c1-13-4-7-17(8-5-13)31-20(12-33-23-26-14(2)10-15(3)27-23)21(29-30-31)22(32)28-16-6-9-19(25)18(24)11-16/h4-11H,12H2,1-3H3,(H,28,32). The quantitative estimate of drug-likeness (QED) is 0.295. The number of carbonyl (C=O) groups excluding carboxylic acids is 1. The second-order valence-corrected chi connectivity index (χ2v) is 8.79. The van der Waals surface area contributed by atoms with E-state index >= 15 is 0 Å². The van der Waals surface area contributed by atoms with Gasteiger partial charge in [-0.3, -0.25) is 4.79 Å². The molecule has 2 aromatic heterocycles. The number of carbonyl (C=O) groups is 1. The largest absolute Gasteiger partial charge is 0.320 e. The number of nitrogens with one attached hydrogen (secondary N) is 1. The van der Waals surface area contributed by atoms with E-state index in [4.69, 9.17) is 11.6 Å². The normalized spacial score (nSPS) is 10.9. The summed E-state index contributed by atoms with van der Waals surface area (Å²) in [6, 6.07) is 13.6. The molecule has 0 aliphatic carbocycles. The number of hydrogen-bond donors (Lipinski definition) is 1. The Balaban J connectivity index is 1.67. The Morgan fingerprint density at radius 3 is 2.42 bits per heavy atom. The molecular formula is C23H20ClFN6OS. The first kappa shape index (κ1) is 22.9. The van der Waals surface area contributed by atoms with Crippen molar-refractivity contribution < 1.29 is 9.18 Å². The van der Waals surface area contributed by atoms with Gasteiger partial charge in [0.25, 0.3) is 5.91 Å². The molecule has 168 valence electrons. The maximum atomic E-state index is 13.5. The number of hydrogen-bond acceptors (Lipinski definition) is 6. The van der Waals surface area contributed by atoms with E-state index in [0.717, 1.165) is 22.6 Å². The Bertz CT molecular complexity index is 1310. The molecule has 2 heterocycles. The second kappa shape index (κ2) is 9.68. The van der Waals surface area contributed by atoms with Gasteiger partial charge < -0.3 is 5.32 Å². The minimum Gasteiger partial charge on any atom is -0.320 e. The van der Waals surface area contributed by atoms with Crippen molar-refractivity contribution in [2.75, 3.05) is 5.32 Å². The van der Waals surface area contributed by atoms with Crippen LogP contribution in [0.3, 0.4) is 0 Å². The monoisotopic (exact) mass is 482 g/mol. The van der Waals surface area contributed by atoms with E-state index in [1.54, 1.807) is 4.68 Å². The fraction of sp³-hybridized carbons (Fsp3) is 0.174. The van der Waals surface area contributed by atoms with Gasteiger partial charge in [0, 0.05) is 22.8 Å². The van der Waals surface area contributed by atoms with E-state index < -0.39 is 11.7 Å². The molecule has 0 aliphatic heterocycles. The predicted molar refractivity (Wildman–Crippen MR) is 127 cm³/mol. The van der Waals surface area contributed by atoms with E-state index in [-0.39, 0.29) is 10.7 Å². The van der Waals surface area contributed by atoms with E-state index in [0.29, 0.717) is 22.3 Å². The van der Waals surface area contributed by atoms with Gasteiger partial charge in [-0.25, -0.2) is 19.0 Å². The molecule has 10 heteroatoms. The molecule has 33 heavy (non-hydrogen) atoms. The lowest BCUT2D eigenvalue weighted by Gasteiger charge is -2.09. The Kier molecular flexibility index (Phi) is 6.71. The van der Waals surface area contributed by atoms with E-state index in [1.165, 1.54) is 30.0 Å². The van der Waals surface area contributed by atoms with Crippen molar-refractivity contribution in [1.29, 1.82) is 0 Å². The molecule has 7 nitrogen and oxygen atoms in total. The lowest BCUT2D eigenvalue weighted by Crippen LogP contribution is -2.15. The molecule has 0 spiro atoms. The number of nitrogens with zero attached hydrogens (tertiary/aromatic N) is 5. The van der Waals surface area contributed by atoms with Crippen LogP contribution in [-0.4, -0.2) is 30.9 Å². The average Bonchev–Trinajstić information content (AvgIpc) is 3.19. The third-order valence-corrected chi connectivity index (χ3v) is 5.88. The highest BCUT2D eigenvalue weighted by atomic mass is 35.5. The topological polar surface area (TPSA) is 85.6 Å². The molecule has 1 amide bonds. The summed E-state index contributed by atoms with van der Waals surface area (Å²) >= 11 is 7.23. The summed E-state index contributed by atoms with van der Waals surface area (Å²) in [7, 11) is 0. The van der Waals surface area contributed by atoms with Crippen molar-refractivity contribution in [3.63, 3.8) is 0 Å². The van der Waals surface area contributed by atoms with Crippen LogP contribution in [0.4, 0.5) is 10.1 Å². The Morgan fingerprint density at radius 1 is 1.06 bits per heavy atom. The van der Waals surface area contributed by atoms with Crippen LogP contribution >= 0.6 is 23.4 Å². The Labute approximate surface area is 199 Å². The molecule has 0 atom stereocenters. The maximum absolute atomic E-state index is 13.5. The summed E-state index contributed by atoms with van der Waals surface area (Å²) in [6.07, 6.45) is 0. The fourth-order valence-electron chi connectivity index (χ4n) is 3.16. The van der Waals surface area contributed by atoms with Crippen molar-refractivity contribution >= 4 is 35.0 Å². The van der Waals surface area contributed by atoms with Crippen LogP contribution in [0, 0.1) is 26.6 Å². The van der Waals surface area contributed by atoms with E-state index in [2.05, 4.69) is 25.6 Å². The Hall–Kier alpha value is -3.30. The van der Waals surface area contributed by atoms with Crippen LogP contribution in [0.15, 0.2) is 53.7 Å². The number of halogens is 2. The van der Waals surface area contributed by atoms with Gasteiger partial charge in [0.1, 0.15) is 5.82 Å². The molecule has 1 N–H and O–H groups in total. The minimum atomic E-state index is -0.564. The van der Waals surface area contributed by atoms with E-state index in [9.17, 15) is 9.18 Å². The smallest absolute Gasteiger partial charge is 0.278 e. The molecule has 4 aromatic rings. The van der Waals surface area contributed by atoms with Gasteiger partial charge in [0.15, 0.2) is 10.9 Å².